The molecule has 1 fully saturated rings. The standard InChI is InChI=1S/C24H37FN4O/c1-5-29-20(3)23(19(2)26-29)18-28(14-15-30-4)16-21-10-12-27(13-11-21)17-22-8-6-7-9-24(22)25/h6-9,21H,5,10-18H2,1-4H3. The lowest BCUT2D eigenvalue weighted by atomic mass is 9.95. The van der Waals surface area contributed by atoms with Crippen molar-refractivity contribution in [2.75, 3.05) is 39.9 Å². The van der Waals surface area contributed by atoms with Gasteiger partial charge in [-0.1, -0.05) is 18.2 Å². The number of ether oxygens (including phenoxy) is 1. The van der Waals surface area contributed by atoms with E-state index in [-0.39, 0.29) is 5.82 Å². The maximum Gasteiger partial charge on any atom is 0.127 e. The fraction of sp³-hybridized carbons (Fsp3) is 0.625. The molecule has 1 aromatic carbocycles. The van der Waals surface area contributed by atoms with Crippen LogP contribution in [-0.4, -0.2) is 59.5 Å². The number of hydrogen-bond donors (Lipinski definition) is 0. The third-order valence-corrected chi connectivity index (χ3v) is 6.40. The zero-order valence-electron chi connectivity index (χ0n) is 19.0. The molecule has 6 heteroatoms. The maximum absolute atomic E-state index is 14.0. The van der Waals surface area contributed by atoms with Crippen LogP contribution in [0.15, 0.2) is 24.3 Å². The molecule has 0 unspecified atom stereocenters. The number of methoxy groups -OCH3 is 1. The van der Waals surface area contributed by atoms with Crippen molar-refractivity contribution in [2.24, 2.45) is 5.92 Å². The first-order valence-electron chi connectivity index (χ1n) is 11.2. The Kier molecular flexibility index (Phi) is 8.42. The molecule has 0 saturated carbocycles. The zero-order chi connectivity index (χ0) is 21.5. The monoisotopic (exact) mass is 416 g/mol. The van der Waals surface area contributed by atoms with Crippen LogP contribution in [0.4, 0.5) is 4.39 Å². The van der Waals surface area contributed by atoms with Gasteiger partial charge in [-0.2, -0.15) is 5.10 Å². The Morgan fingerprint density at radius 3 is 2.57 bits per heavy atom. The van der Waals surface area contributed by atoms with E-state index in [0.717, 1.165) is 70.0 Å². The van der Waals surface area contributed by atoms with Gasteiger partial charge >= 0.3 is 0 Å². The van der Waals surface area contributed by atoms with Gasteiger partial charge in [-0.3, -0.25) is 14.5 Å². The Hall–Kier alpha value is -1.76. The minimum atomic E-state index is -0.0938. The van der Waals surface area contributed by atoms with E-state index in [9.17, 15) is 4.39 Å². The van der Waals surface area contributed by atoms with E-state index in [4.69, 9.17) is 4.74 Å². The third kappa shape index (κ3) is 5.90. The number of halogens is 1. The summed E-state index contributed by atoms with van der Waals surface area (Å²) in [6.07, 6.45) is 2.31. The summed E-state index contributed by atoms with van der Waals surface area (Å²) in [6.45, 7) is 13.8. The number of rotatable bonds is 10. The van der Waals surface area contributed by atoms with Crippen molar-refractivity contribution < 1.29 is 9.13 Å². The van der Waals surface area contributed by atoms with Gasteiger partial charge in [0.25, 0.3) is 0 Å². The van der Waals surface area contributed by atoms with Crippen LogP contribution in [0, 0.1) is 25.6 Å². The van der Waals surface area contributed by atoms with Crippen LogP contribution < -0.4 is 0 Å². The molecule has 2 aromatic rings. The maximum atomic E-state index is 14.0. The number of aryl methyl sites for hydroxylation is 2. The van der Waals surface area contributed by atoms with E-state index in [0.29, 0.717) is 12.5 Å². The van der Waals surface area contributed by atoms with Gasteiger partial charge < -0.3 is 4.74 Å². The molecule has 0 bridgehead atoms. The van der Waals surface area contributed by atoms with Crippen molar-refractivity contribution >= 4 is 0 Å². The van der Waals surface area contributed by atoms with Crippen molar-refractivity contribution in [3.05, 3.63) is 52.6 Å². The highest BCUT2D eigenvalue weighted by molar-refractivity contribution is 5.24. The first-order valence-corrected chi connectivity index (χ1v) is 11.2. The van der Waals surface area contributed by atoms with Gasteiger partial charge in [0.05, 0.1) is 12.3 Å². The summed E-state index contributed by atoms with van der Waals surface area (Å²) in [5, 5.41) is 4.69. The van der Waals surface area contributed by atoms with Gasteiger partial charge in [-0.25, -0.2) is 4.39 Å². The molecule has 0 radical (unpaired) electrons. The normalized spacial score (nSPS) is 15.9. The van der Waals surface area contributed by atoms with Crippen LogP contribution in [0.5, 0.6) is 0 Å². The van der Waals surface area contributed by atoms with Crippen LogP contribution in [0.2, 0.25) is 0 Å². The summed E-state index contributed by atoms with van der Waals surface area (Å²) in [7, 11) is 1.77. The third-order valence-electron chi connectivity index (χ3n) is 6.40. The highest BCUT2D eigenvalue weighted by Crippen LogP contribution is 2.23. The smallest absolute Gasteiger partial charge is 0.127 e. The molecule has 1 aromatic heterocycles. The quantitative estimate of drug-likeness (QED) is 0.586. The Bertz CT molecular complexity index is 798. The van der Waals surface area contributed by atoms with Crippen molar-refractivity contribution in [3.63, 3.8) is 0 Å². The highest BCUT2D eigenvalue weighted by atomic mass is 19.1. The van der Waals surface area contributed by atoms with Gasteiger partial charge in [0.2, 0.25) is 0 Å². The molecule has 5 nitrogen and oxygen atoms in total. The minimum absolute atomic E-state index is 0.0938. The van der Waals surface area contributed by atoms with Crippen molar-refractivity contribution in [2.45, 2.75) is 53.2 Å². The van der Waals surface area contributed by atoms with Gasteiger partial charge in [-0.05, 0) is 58.7 Å². The number of benzene rings is 1. The molecule has 30 heavy (non-hydrogen) atoms. The van der Waals surface area contributed by atoms with Crippen LogP contribution in [0.25, 0.3) is 0 Å². The van der Waals surface area contributed by atoms with E-state index < -0.39 is 0 Å². The SMILES string of the molecule is CCn1nc(C)c(CN(CCOC)CC2CCN(Cc3ccccc3F)CC2)c1C. The fourth-order valence-electron chi connectivity index (χ4n) is 4.51. The first kappa shape index (κ1) is 22.9. The lowest BCUT2D eigenvalue weighted by molar-refractivity contribution is 0.106. The minimum Gasteiger partial charge on any atom is -0.383 e. The highest BCUT2D eigenvalue weighted by Gasteiger charge is 2.23. The summed E-state index contributed by atoms with van der Waals surface area (Å²) in [5.74, 6) is 0.573. The van der Waals surface area contributed by atoms with Crippen molar-refractivity contribution in [1.82, 2.24) is 19.6 Å². The predicted octanol–water partition coefficient (Wildman–Crippen LogP) is 4.02. The Balaban J connectivity index is 1.56. The lowest BCUT2D eigenvalue weighted by Gasteiger charge is -2.35. The molecule has 0 spiro atoms. The van der Waals surface area contributed by atoms with E-state index in [1.165, 1.54) is 11.3 Å². The average Bonchev–Trinajstić information content (AvgIpc) is 3.02. The summed E-state index contributed by atoms with van der Waals surface area (Å²) in [5.41, 5.74) is 4.56. The molecule has 1 aliphatic rings. The second-order valence-corrected chi connectivity index (χ2v) is 8.50. The van der Waals surface area contributed by atoms with Crippen LogP contribution in [-0.2, 0) is 24.4 Å². The van der Waals surface area contributed by atoms with Gasteiger partial charge in [-0.15, -0.1) is 0 Å². The van der Waals surface area contributed by atoms with E-state index >= 15 is 0 Å². The number of hydrogen-bond acceptors (Lipinski definition) is 4. The Morgan fingerprint density at radius 1 is 1.20 bits per heavy atom. The summed E-state index contributed by atoms with van der Waals surface area (Å²) in [6, 6.07) is 7.13. The molecule has 0 atom stereocenters. The fourth-order valence-corrected chi connectivity index (χ4v) is 4.51. The molecule has 2 heterocycles. The van der Waals surface area contributed by atoms with Gasteiger partial charge in [0, 0.05) is 56.7 Å². The summed E-state index contributed by atoms with van der Waals surface area (Å²) >= 11 is 0. The van der Waals surface area contributed by atoms with Crippen LogP contribution in [0.3, 0.4) is 0 Å². The predicted molar refractivity (Wildman–Crippen MR) is 119 cm³/mol. The second kappa shape index (κ2) is 11.0. The number of likely N-dealkylation sites (tertiary alicyclic amines) is 1. The molecule has 166 valence electrons. The van der Waals surface area contributed by atoms with Crippen molar-refractivity contribution in [3.8, 4) is 0 Å². The van der Waals surface area contributed by atoms with Gasteiger partial charge in [0.15, 0.2) is 0 Å². The number of aromatic nitrogens is 2. The van der Waals surface area contributed by atoms with Gasteiger partial charge in [0.1, 0.15) is 5.82 Å². The molecular weight excluding hydrogens is 379 g/mol. The molecule has 1 saturated heterocycles. The molecule has 0 N–H and O–H groups in total. The van der Waals surface area contributed by atoms with Crippen LogP contribution >= 0.6 is 0 Å². The van der Waals surface area contributed by atoms with E-state index in [2.05, 4.69) is 40.4 Å². The Morgan fingerprint density at radius 2 is 1.93 bits per heavy atom. The zero-order valence-corrected chi connectivity index (χ0v) is 19.0. The average molecular weight is 417 g/mol. The largest absolute Gasteiger partial charge is 0.383 e. The number of piperidine rings is 1. The molecule has 0 amide bonds. The van der Waals surface area contributed by atoms with Crippen LogP contribution in [0.1, 0.15) is 42.3 Å². The lowest BCUT2D eigenvalue weighted by Crippen LogP contribution is -2.39. The van der Waals surface area contributed by atoms with Crippen molar-refractivity contribution in [1.29, 1.82) is 0 Å². The molecule has 0 aliphatic carbocycles. The molecule has 3 rings (SSSR count). The Labute approximate surface area is 180 Å². The molecule has 1 aliphatic heterocycles. The number of nitrogens with zero attached hydrogens (tertiary/aromatic N) is 4. The topological polar surface area (TPSA) is 33.5 Å². The van der Waals surface area contributed by atoms with E-state index in [1.807, 2.05) is 12.1 Å². The molecular formula is C24H37FN4O. The second-order valence-electron chi connectivity index (χ2n) is 8.50. The summed E-state index contributed by atoms with van der Waals surface area (Å²) in [4.78, 5) is 4.91. The first-order chi connectivity index (χ1) is 14.5. The summed E-state index contributed by atoms with van der Waals surface area (Å²) < 4.78 is 21.4. The van der Waals surface area contributed by atoms with E-state index in [1.54, 1.807) is 19.2 Å².